The average molecular weight is 401 g/mol. The second-order valence-electron chi connectivity index (χ2n) is 7.19. The molecule has 0 atom stereocenters. The lowest BCUT2D eigenvalue weighted by atomic mass is 9.95. The Kier molecular flexibility index (Phi) is 5.50. The van der Waals surface area contributed by atoms with Crippen molar-refractivity contribution in [3.05, 3.63) is 46.5 Å². The van der Waals surface area contributed by atoms with Crippen molar-refractivity contribution in [2.24, 2.45) is 0 Å². The molecule has 2 aliphatic rings. The third-order valence-electron chi connectivity index (χ3n) is 5.35. The molecule has 4 rings (SSSR count). The van der Waals surface area contributed by atoms with E-state index in [-0.39, 0.29) is 5.91 Å². The molecule has 2 heterocycles. The van der Waals surface area contributed by atoms with E-state index in [1.807, 2.05) is 23.1 Å². The van der Waals surface area contributed by atoms with Gasteiger partial charge in [0.05, 0.1) is 0 Å². The monoisotopic (exact) mass is 400 g/mol. The Labute approximate surface area is 168 Å². The zero-order valence-corrected chi connectivity index (χ0v) is 17.1. The quantitative estimate of drug-likeness (QED) is 0.459. The van der Waals surface area contributed by atoms with E-state index in [1.165, 1.54) is 17.7 Å². The fourth-order valence-corrected chi connectivity index (χ4v) is 4.33. The zero-order valence-electron chi connectivity index (χ0n) is 15.4. The molecule has 142 valence electrons. The number of aromatic nitrogens is 3. The van der Waals surface area contributed by atoms with Gasteiger partial charge in [-0.3, -0.25) is 9.89 Å². The molecule has 2 aromatic rings. The van der Waals surface area contributed by atoms with E-state index < -0.39 is 0 Å². The van der Waals surface area contributed by atoms with Gasteiger partial charge in [-0.2, -0.15) is 5.10 Å². The number of rotatable bonds is 5. The second kappa shape index (κ2) is 8.02. The van der Waals surface area contributed by atoms with Crippen LogP contribution < -0.4 is 0 Å². The number of likely N-dealkylation sites (tertiary alicyclic amines) is 1. The third kappa shape index (κ3) is 4.19. The van der Waals surface area contributed by atoms with Crippen molar-refractivity contribution < 1.29 is 4.79 Å². The number of piperidine rings is 1. The maximum absolute atomic E-state index is 12.5. The molecule has 1 amide bonds. The molecule has 0 unspecified atom stereocenters. The number of benzene rings is 1. The molecule has 1 saturated heterocycles. The molecule has 5 nitrogen and oxygen atoms in total. The summed E-state index contributed by atoms with van der Waals surface area (Å²) in [4.78, 5) is 15.7. The fourth-order valence-electron chi connectivity index (χ4n) is 3.64. The summed E-state index contributed by atoms with van der Waals surface area (Å²) in [6.07, 6.45) is 9.92. The molecule has 27 heavy (non-hydrogen) atoms. The maximum Gasteiger partial charge on any atom is 0.246 e. The lowest BCUT2D eigenvalue weighted by Crippen LogP contribution is -2.37. The van der Waals surface area contributed by atoms with Gasteiger partial charge in [-0.25, -0.2) is 0 Å². The topological polar surface area (TPSA) is 53.9 Å². The summed E-state index contributed by atoms with van der Waals surface area (Å²) in [5, 5.41) is 7.45. The number of nitrogens with one attached hydrogen (secondary N) is 1. The van der Waals surface area contributed by atoms with Crippen molar-refractivity contribution in [3.8, 4) is 0 Å². The summed E-state index contributed by atoms with van der Waals surface area (Å²) >= 11 is 7.11. The molecule has 0 bridgehead atoms. The molecule has 1 saturated carbocycles. The van der Waals surface area contributed by atoms with Crippen LogP contribution in [-0.2, 0) is 4.79 Å². The number of nitrogens with zero attached hydrogens (tertiary/aromatic N) is 3. The van der Waals surface area contributed by atoms with Crippen LogP contribution in [-0.4, -0.2) is 44.9 Å². The third-order valence-corrected chi connectivity index (χ3v) is 6.38. The summed E-state index contributed by atoms with van der Waals surface area (Å²) in [6.45, 7) is 1.53. The van der Waals surface area contributed by atoms with E-state index in [0.29, 0.717) is 12.0 Å². The van der Waals surface area contributed by atoms with Crippen LogP contribution in [0.1, 0.15) is 49.0 Å². The Morgan fingerprint density at radius 2 is 1.93 bits per heavy atom. The minimum atomic E-state index is 0.0865. The number of hydrogen-bond donors (Lipinski definition) is 1. The fraction of sp³-hybridized carbons (Fsp3) is 0.450. The number of hydrogen-bond acceptors (Lipinski definition) is 4. The smallest absolute Gasteiger partial charge is 0.246 e. The van der Waals surface area contributed by atoms with Gasteiger partial charge in [0, 0.05) is 36.0 Å². The maximum atomic E-state index is 12.5. The van der Waals surface area contributed by atoms with Crippen LogP contribution >= 0.6 is 24.0 Å². The molecular weight excluding hydrogens is 376 g/mol. The van der Waals surface area contributed by atoms with E-state index in [2.05, 4.69) is 33.2 Å². The largest absolute Gasteiger partial charge is 0.339 e. The summed E-state index contributed by atoms with van der Waals surface area (Å²) in [5.41, 5.74) is 1.05. The van der Waals surface area contributed by atoms with Crippen LogP contribution in [0.5, 0.6) is 0 Å². The van der Waals surface area contributed by atoms with Gasteiger partial charge in [0.15, 0.2) is 4.77 Å². The van der Waals surface area contributed by atoms with Gasteiger partial charge < -0.3 is 9.47 Å². The first-order valence-electron chi connectivity index (χ1n) is 9.43. The van der Waals surface area contributed by atoms with Crippen LogP contribution in [0.3, 0.4) is 0 Å². The Hall–Kier alpha value is -1.86. The molecule has 1 N–H and O–H groups in total. The van der Waals surface area contributed by atoms with Crippen molar-refractivity contribution in [3.63, 3.8) is 0 Å². The molecule has 2 fully saturated rings. The molecule has 1 aliphatic heterocycles. The Balaban J connectivity index is 1.35. The molecule has 1 aromatic heterocycles. The minimum Gasteiger partial charge on any atom is -0.339 e. The van der Waals surface area contributed by atoms with E-state index >= 15 is 0 Å². The number of carbonyl (C=O) groups is 1. The normalized spacial score (nSPS) is 18.3. The first kappa shape index (κ1) is 18.5. The lowest BCUT2D eigenvalue weighted by molar-refractivity contribution is -0.127. The summed E-state index contributed by atoms with van der Waals surface area (Å²) < 4.78 is 2.94. The number of aromatic amines is 1. The number of amides is 1. The predicted octanol–water partition coefficient (Wildman–Crippen LogP) is 4.42. The predicted molar refractivity (Wildman–Crippen MR) is 111 cm³/mol. The van der Waals surface area contributed by atoms with Gasteiger partial charge in [-0.1, -0.05) is 12.1 Å². The van der Waals surface area contributed by atoms with Crippen LogP contribution in [0, 0.1) is 4.77 Å². The van der Waals surface area contributed by atoms with Crippen molar-refractivity contribution >= 4 is 36.0 Å². The van der Waals surface area contributed by atoms with Crippen molar-refractivity contribution in [2.45, 2.75) is 42.5 Å². The molecule has 1 aliphatic carbocycles. The van der Waals surface area contributed by atoms with Crippen LogP contribution in [0.15, 0.2) is 35.2 Å². The second-order valence-corrected chi connectivity index (χ2v) is 8.46. The standard InChI is InChI=1S/C20H24N4OS2/c1-27-17-7-2-14(3-8-17)4-9-18(25)23-12-10-15(11-13-23)19-21-22-20(26)24(19)16-5-6-16/h2-4,7-9,15-16H,5-6,10-13H2,1H3,(H,22,26)/b9-4+. The van der Waals surface area contributed by atoms with Gasteiger partial charge >= 0.3 is 0 Å². The summed E-state index contributed by atoms with van der Waals surface area (Å²) in [6, 6.07) is 8.77. The first-order valence-corrected chi connectivity index (χ1v) is 11.1. The Bertz CT molecular complexity index is 887. The Morgan fingerprint density at radius 1 is 1.22 bits per heavy atom. The van der Waals surface area contributed by atoms with E-state index in [0.717, 1.165) is 42.1 Å². The van der Waals surface area contributed by atoms with E-state index in [4.69, 9.17) is 12.2 Å². The first-order chi connectivity index (χ1) is 13.2. The Morgan fingerprint density at radius 3 is 2.56 bits per heavy atom. The van der Waals surface area contributed by atoms with Gasteiger partial charge in [-0.05, 0) is 67.9 Å². The molecule has 0 spiro atoms. The molecular formula is C20H24N4OS2. The number of carbonyl (C=O) groups excluding carboxylic acids is 1. The van der Waals surface area contributed by atoms with Crippen LogP contribution in [0.25, 0.3) is 6.08 Å². The summed E-state index contributed by atoms with van der Waals surface area (Å²) in [5.74, 6) is 1.55. The SMILES string of the molecule is CSc1ccc(/C=C/C(=O)N2CCC(c3n[nH]c(=S)n3C3CC3)CC2)cc1. The van der Waals surface area contributed by atoms with Gasteiger partial charge in [0.2, 0.25) is 5.91 Å². The summed E-state index contributed by atoms with van der Waals surface area (Å²) in [7, 11) is 0. The molecule has 7 heteroatoms. The highest BCUT2D eigenvalue weighted by Crippen LogP contribution is 2.38. The number of H-pyrrole nitrogens is 1. The van der Waals surface area contributed by atoms with Crippen molar-refractivity contribution in [2.75, 3.05) is 19.3 Å². The van der Waals surface area contributed by atoms with Gasteiger partial charge in [0.1, 0.15) is 5.82 Å². The van der Waals surface area contributed by atoms with Gasteiger partial charge in [-0.15, -0.1) is 11.8 Å². The lowest BCUT2D eigenvalue weighted by Gasteiger charge is -2.31. The van der Waals surface area contributed by atoms with Gasteiger partial charge in [0.25, 0.3) is 0 Å². The van der Waals surface area contributed by atoms with E-state index in [1.54, 1.807) is 17.8 Å². The van der Waals surface area contributed by atoms with Crippen molar-refractivity contribution in [1.82, 2.24) is 19.7 Å². The molecule has 0 radical (unpaired) electrons. The van der Waals surface area contributed by atoms with Crippen molar-refractivity contribution in [1.29, 1.82) is 0 Å². The highest BCUT2D eigenvalue weighted by Gasteiger charge is 2.32. The van der Waals surface area contributed by atoms with E-state index in [9.17, 15) is 4.79 Å². The number of thioether (sulfide) groups is 1. The zero-order chi connectivity index (χ0) is 18.8. The minimum absolute atomic E-state index is 0.0865. The van der Waals surface area contributed by atoms with Crippen LogP contribution in [0.2, 0.25) is 0 Å². The highest BCUT2D eigenvalue weighted by molar-refractivity contribution is 7.98. The average Bonchev–Trinajstić information content (AvgIpc) is 3.48. The molecule has 1 aromatic carbocycles. The van der Waals surface area contributed by atoms with Crippen LogP contribution in [0.4, 0.5) is 0 Å². The highest BCUT2D eigenvalue weighted by atomic mass is 32.2.